The van der Waals surface area contributed by atoms with Gasteiger partial charge < -0.3 is 18.9 Å². The Bertz CT molecular complexity index is 1300. The summed E-state index contributed by atoms with van der Waals surface area (Å²) in [5, 5.41) is 0.521. The lowest BCUT2D eigenvalue weighted by atomic mass is 9.68. The van der Waals surface area contributed by atoms with E-state index in [4.69, 9.17) is 9.47 Å². The van der Waals surface area contributed by atoms with Crippen molar-refractivity contribution in [2.24, 2.45) is 11.8 Å². The average molecular weight is 476 g/mol. The SMILES string of the molecule is CCn1cc(C(=O)N2CCCC3=C[C@H]4C[C@H](CN5CCCC[C@@H]45)[C@H]32)c(=O)c2cc3c(cc21)OCO3. The first-order valence-corrected chi connectivity index (χ1v) is 13.3. The van der Waals surface area contributed by atoms with E-state index in [1.165, 1.54) is 37.8 Å². The number of rotatable bonds is 2. The molecular formula is C28H33N3O4. The van der Waals surface area contributed by atoms with Gasteiger partial charge in [0.2, 0.25) is 12.2 Å². The smallest absolute Gasteiger partial charge is 0.259 e. The molecule has 7 nitrogen and oxygen atoms in total. The fraction of sp³-hybridized carbons (Fsp3) is 0.571. The highest BCUT2D eigenvalue weighted by Gasteiger charge is 2.47. The Balaban J connectivity index is 1.28. The second-order valence-electron chi connectivity index (χ2n) is 10.9. The van der Waals surface area contributed by atoms with E-state index in [-0.39, 0.29) is 29.7 Å². The van der Waals surface area contributed by atoms with E-state index in [9.17, 15) is 9.59 Å². The van der Waals surface area contributed by atoms with Crippen LogP contribution in [0.3, 0.4) is 0 Å². The van der Waals surface area contributed by atoms with Crippen LogP contribution in [0.5, 0.6) is 11.5 Å². The number of hydrogen-bond donors (Lipinski definition) is 0. The van der Waals surface area contributed by atoms with Gasteiger partial charge >= 0.3 is 0 Å². The van der Waals surface area contributed by atoms with Crippen molar-refractivity contribution in [2.45, 2.75) is 64.1 Å². The Morgan fingerprint density at radius 1 is 1.11 bits per heavy atom. The summed E-state index contributed by atoms with van der Waals surface area (Å²) < 4.78 is 13.1. The quantitative estimate of drug-likeness (QED) is 0.619. The number of amides is 1. The van der Waals surface area contributed by atoms with Crippen molar-refractivity contribution in [2.75, 3.05) is 26.4 Å². The molecule has 2 aromatic rings. The number of carbonyl (C=O) groups is 1. The van der Waals surface area contributed by atoms with Gasteiger partial charge in [-0.25, -0.2) is 0 Å². The third-order valence-corrected chi connectivity index (χ3v) is 9.06. The number of nitrogens with zero attached hydrogens (tertiary/aromatic N) is 3. The number of carbonyl (C=O) groups excluding carboxylic acids is 1. The minimum atomic E-state index is -0.211. The molecule has 1 aliphatic carbocycles. The number of fused-ring (bicyclic) bond motifs is 8. The van der Waals surface area contributed by atoms with Crippen LogP contribution in [0.1, 0.15) is 55.8 Å². The first-order chi connectivity index (χ1) is 17.1. The Kier molecular flexibility index (Phi) is 4.98. The zero-order valence-corrected chi connectivity index (χ0v) is 20.4. The number of aryl methyl sites for hydroxylation is 1. The van der Waals surface area contributed by atoms with Crippen molar-refractivity contribution in [1.82, 2.24) is 14.4 Å². The molecule has 5 aliphatic rings. The monoisotopic (exact) mass is 475 g/mol. The summed E-state index contributed by atoms with van der Waals surface area (Å²) in [6.45, 7) is 5.82. The normalized spacial score (nSPS) is 29.5. The van der Waals surface area contributed by atoms with Gasteiger partial charge in [0.05, 0.1) is 16.9 Å². The first-order valence-electron chi connectivity index (χ1n) is 13.3. The van der Waals surface area contributed by atoms with Crippen LogP contribution in [0, 0.1) is 11.8 Å². The second-order valence-corrected chi connectivity index (χ2v) is 10.9. The number of ether oxygens (including phenoxy) is 2. The van der Waals surface area contributed by atoms with Gasteiger partial charge in [0.15, 0.2) is 11.5 Å². The molecule has 1 amide bonds. The molecule has 7 heteroatoms. The van der Waals surface area contributed by atoms with Gasteiger partial charge in [-0.05, 0) is 63.5 Å². The van der Waals surface area contributed by atoms with Gasteiger partial charge in [0.25, 0.3) is 5.91 Å². The number of likely N-dealkylation sites (tertiary alicyclic amines) is 1. The molecule has 5 heterocycles. The van der Waals surface area contributed by atoms with E-state index in [1.807, 2.05) is 22.5 Å². The van der Waals surface area contributed by atoms with Crippen molar-refractivity contribution in [3.8, 4) is 11.5 Å². The molecule has 7 rings (SSSR count). The van der Waals surface area contributed by atoms with Gasteiger partial charge in [-0.15, -0.1) is 0 Å². The third-order valence-electron chi connectivity index (χ3n) is 9.06. The van der Waals surface area contributed by atoms with Gasteiger partial charge in [0, 0.05) is 37.9 Å². The molecule has 2 bridgehead atoms. The lowest BCUT2D eigenvalue weighted by molar-refractivity contribution is 0.00142. The topological polar surface area (TPSA) is 64.0 Å². The zero-order chi connectivity index (χ0) is 23.7. The van der Waals surface area contributed by atoms with Crippen LogP contribution in [0.4, 0.5) is 0 Å². The van der Waals surface area contributed by atoms with Gasteiger partial charge in [0.1, 0.15) is 5.56 Å². The summed E-state index contributed by atoms with van der Waals surface area (Å²) in [4.78, 5) is 32.5. The van der Waals surface area contributed by atoms with Crippen molar-refractivity contribution in [3.63, 3.8) is 0 Å². The largest absolute Gasteiger partial charge is 0.454 e. The van der Waals surface area contributed by atoms with E-state index < -0.39 is 0 Å². The average Bonchev–Trinajstić information content (AvgIpc) is 3.35. The third kappa shape index (κ3) is 3.27. The second kappa shape index (κ2) is 8.12. The molecule has 35 heavy (non-hydrogen) atoms. The van der Waals surface area contributed by atoms with E-state index in [2.05, 4.69) is 11.0 Å². The molecule has 184 valence electrons. The molecule has 3 fully saturated rings. The Hall–Kier alpha value is -2.80. The van der Waals surface area contributed by atoms with Crippen LogP contribution in [0.25, 0.3) is 10.9 Å². The van der Waals surface area contributed by atoms with Crippen molar-refractivity contribution >= 4 is 16.8 Å². The summed E-state index contributed by atoms with van der Waals surface area (Å²) in [5.41, 5.74) is 2.28. The van der Waals surface area contributed by atoms with Crippen molar-refractivity contribution in [1.29, 1.82) is 0 Å². The van der Waals surface area contributed by atoms with E-state index in [0.717, 1.165) is 31.4 Å². The summed E-state index contributed by atoms with van der Waals surface area (Å²) in [6, 6.07) is 4.41. The number of benzene rings is 1. The summed E-state index contributed by atoms with van der Waals surface area (Å²) in [6.07, 6.45) is 11.4. The van der Waals surface area contributed by atoms with Crippen LogP contribution in [0.15, 0.2) is 34.8 Å². The predicted molar refractivity (Wildman–Crippen MR) is 133 cm³/mol. The van der Waals surface area contributed by atoms with Crippen molar-refractivity contribution < 1.29 is 14.3 Å². The van der Waals surface area contributed by atoms with Crippen LogP contribution in [-0.2, 0) is 6.54 Å². The standard InChI is InChI=1S/C28H33N3O4/c1-2-29-15-21(27(32)20-12-24-25(13-23(20)29)35-16-34-24)28(33)31-9-5-6-17-10-18-11-19(26(17)31)14-30-8-4-3-7-22(18)30/h10,12-13,15,18-19,22,26H,2-9,11,14,16H2,1H3/t18-,19+,22-,26-/m0/s1. The van der Waals surface area contributed by atoms with Crippen LogP contribution in [0.2, 0.25) is 0 Å². The molecule has 4 atom stereocenters. The highest BCUT2D eigenvalue weighted by molar-refractivity contribution is 5.98. The highest BCUT2D eigenvalue weighted by Crippen LogP contribution is 2.45. The minimum absolute atomic E-state index is 0.119. The maximum Gasteiger partial charge on any atom is 0.259 e. The van der Waals surface area contributed by atoms with Gasteiger partial charge in [-0.1, -0.05) is 18.1 Å². The van der Waals surface area contributed by atoms with E-state index in [0.29, 0.717) is 41.3 Å². The Labute approximate surface area is 205 Å². The fourth-order valence-electron chi connectivity index (χ4n) is 7.55. The molecule has 4 aliphatic heterocycles. The summed E-state index contributed by atoms with van der Waals surface area (Å²) in [7, 11) is 0. The molecule has 0 spiro atoms. The molecule has 0 radical (unpaired) electrons. The molecule has 0 N–H and O–H groups in total. The van der Waals surface area contributed by atoms with Crippen LogP contribution in [-0.4, -0.2) is 58.8 Å². The van der Waals surface area contributed by atoms with Gasteiger partial charge in [-0.2, -0.15) is 0 Å². The lowest BCUT2D eigenvalue weighted by Crippen LogP contribution is -2.60. The number of aromatic nitrogens is 1. The molecule has 0 saturated carbocycles. The lowest BCUT2D eigenvalue weighted by Gasteiger charge is -2.54. The molecule has 0 unspecified atom stereocenters. The number of hydrogen-bond acceptors (Lipinski definition) is 5. The Morgan fingerprint density at radius 3 is 2.83 bits per heavy atom. The van der Waals surface area contributed by atoms with Gasteiger partial charge in [-0.3, -0.25) is 14.5 Å². The van der Waals surface area contributed by atoms with Crippen molar-refractivity contribution in [3.05, 3.63) is 45.8 Å². The molecule has 3 saturated heterocycles. The molecular weight excluding hydrogens is 442 g/mol. The summed E-state index contributed by atoms with van der Waals surface area (Å²) in [5.74, 6) is 2.18. The number of pyridine rings is 1. The maximum atomic E-state index is 14.1. The highest BCUT2D eigenvalue weighted by atomic mass is 16.7. The maximum absolute atomic E-state index is 14.1. The minimum Gasteiger partial charge on any atom is -0.454 e. The number of piperidine rings is 3. The van der Waals surface area contributed by atoms with E-state index in [1.54, 1.807) is 12.3 Å². The zero-order valence-electron chi connectivity index (χ0n) is 20.4. The predicted octanol–water partition coefficient (Wildman–Crippen LogP) is 3.79. The fourth-order valence-corrected chi connectivity index (χ4v) is 7.55. The summed E-state index contributed by atoms with van der Waals surface area (Å²) >= 11 is 0. The first kappa shape index (κ1) is 21.5. The Morgan fingerprint density at radius 2 is 1.97 bits per heavy atom. The van der Waals surface area contributed by atoms with Crippen LogP contribution >= 0.6 is 0 Å². The van der Waals surface area contributed by atoms with E-state index >= 15 is 0 Å². The molecule has 1 aromatic carbocycles. The molecule has 1 aromatic heterocycles. The van der Waals surface area contributed by atoms with Crippen LogP contribution < -0.4 is 14.9 Å².